The van der Waals surface area contributed by atoms with Gasteiger partial charge in [0.25, 0.3) is 5.91 Å². The fourth-order valence-electron chi connectivity index (χ4n) is 2.93. The van der Waals surface area contributed by atoms with Crippen molar-refractivity contribution in [3.05, 3.63) is 40.6 Å². The van der Waals surface area contributed by atoms with Gasteiger partial charge in [0.05, 0.1) is 32.5 Å². The lowest BCUT2D eigenvalue weighted by atomic mass is 10.0. The third-order valence-electron chi connectivity index (χ3n) is 4.07. The highest BCUT2D eigenvalue weighted by Gasteiger charge is 2.38. The van der Waals surface area contributed by atoms with E-state index in [0.29, 0.717) is 22.8 Å². The van der Waals surface area contributed by atoms with Crippen molar-refractivity contribution in [3.8, 4) is 11.5 Å². The predicted molar refractivity (Wildman–Crippen MR) is 94.2 cm³/mol. The summed E-state index contributed by atoms with van der Waals surface area (Å²) >= 11 is 0. The lowest BCUT2D eigenvalue weighted by molar-refractivity contribution is -0.136. The topological polar surface area (TPSA) is 65.1 Å². The van der Waals surface area contributed by atoms with E-state index in [1.807, 2.05) is 13.8 Å². The van der Waals surface area contributed by atoms with Crippen LogP contribution in [0.25, 0.3) is 6.08 Å². The average Bonchev–Trinajstić information content (AvgIpc) is 2.84. The number of nitrogens with zero attached hydrogens (tertiary/aromatic N) is 1. The Hall–Kier alpha value is -2.76. The van der Waals surface area contributed by atoms with E-state index in [9.17, 15) is 9.59 Å². The molecule has 0 radical (unpaired) electrons. The molecule has 0 atom stereocenters. The summed E-state index contributed by atoms with van der Waals surface area (Å²) in [5.74, 6) is 0.387. The van der Waals surface area contributed by atoms with Gasteiger partial charge in [0.15, 0.2) is 11.5 Å². The van der Waals surface area contributed by atoms with Crippen molar-refractivity contribution in [2.45, 2.75) is 26.8 Å². The Morgan fingerprint density at radius 1 is 1.12 bits per heavy atom. The van der Waals surface area contributed by atoms with Crippen LogP contribution in [0.2, 0.25) is 0 Å². The Morgan fingerprint density at radius 2 is 1.76 bits per heavy atom. The molecule has 0 fully saturated rings. The number of hydrogen-bond donors (Lipinski definition) is 0. The van der Waals surface area contributed by atoms with Crippen molar-refractivity contribution in [1.82, 2.24) is 4.90 Å². The zero-order chi connectivity index (χ0) is 18.7. The Balaban J connectivity index is 2.57. The van der Waals surface area contributed by atoms with Crippen LogP contribution in [0.4, 0.5) is 0 Å². The Morgan fingerprint density at radius 3 is 2.28 bits per heavy atom. The first kappa shape index (κ1) is 18.6. The van der Waals surface area contributed by atoms with E-state index in [4.69, 9.17) is 14.2 Å². The van der Waals surface area contributed by atoms with Crippen molar-refractivity contribution in [3.63, 3.8) is 0 Å². The van der Waals surface area contributed by atoms with Gasteiger partial charge in [-0.2, -0.15) is 0 Å². The standard InChI is InChI=1S/C19H23NO5/c1-11(2)20-12(3)17(19(22)25-6)14(18(20)21)9-13-7-8-15(23-4)16(10-13)24-5/h7-11H,1-6H3. The van der Waals surface area contributed by atoms with E-state index in [0.717, 1.165) is 5.56 Å². The third-order valence-corrected chi connectivity index (χ3v) is 4.07. The van der Waals surface area contributed by atoms with Gasteiger partial charge in [0.1, 0.15) is 0 Å². The van der Waals surface area contributed by atoms with Gasteiger partial charge < -0.3 is 19.1 Å². The molecule has 0 N–H and O–H groups in total. The van der Waals surface area contributed by atoms with Crippen LogP contribution in [0.5, 0.6) is 11.5 Å². The van der Waals surface area contributed by atoms with E-state index in [1.165, 1.54) is 7.11 Å². The van der Waals surface area contributed by atoms with Crippen molar-refractivity contribution in [2.75, 3.05) is 21.3 Å². The molecule has 0 aliphatic carbocycles. The second kappa shape index (κ2) is 7.42. The first-order chi connectivity index (χ1) is 11.8. The van der Waals surface area contributed by atoms with Gasteiger partial charge in [-0.15, -0.1) is 0 Å². The van der Waals surface area contributed by atoms with E-state index in [-0.39, 0.29) is 17.5 Å². The summed E-state index contributed by atoms with van der Waals surface area (Å²) in [5.41, 5.74) is 1.92. The van der Waals surface area contributed by atoms with Crippen LogP contribution in [0.15, 0.2) is 35.0 Å². The number of esters is 1. The number of methoxy groups -OCH3 is 3. The van der Waals surface area contributed by atoms with Crippen molar-refractivity contribution < 1.29 is 23.8 Å². The van der Waals surface area contributed by atoms with Gasteiger partial charge >= 0.3 is 5.97 Å². The van der Waals surface area contributed by atoms with Crippen molar-refractivity contribution in [2.24, 2.45) is 0 Å². The smallest absolute Gasteiger partial charge is 0.340 e. The maximum absolute atomic E-state index is 12.8. The molecule has 1 aliphatic rings. The summed E-state index contributed by atoms with van der Waals surface area (Å²) in [5, 5.41) is 0. The number of amides is 1. The molecule has 0 bridgehead atoms. The summed E-state index contributed by atoms with van der Waals surface area (Å²) in [4.78, 5) is 26.6. The van der Waals surface area contributed by atoms with Crippen LogP contribution in [0.3, 0.4) is 0 Å². The zero-order valence-electron chi connectivity index (χ0n) is 15.4. The molecule has 2 rings (SSSR count). The molecule has 6 heteroatoms. The molecule has 0 saturated carbocycles. The number of rotatable bonds is 5. The first-order valence-corrected chi connectivity index (χ1v) is 7.92. The van der Waals surface area contributed by atoms with Gasteiger partial charge in [-0.1, -0.05) is 6.07 Å². The zero-order valence-corrected chi connectivity index (χ0v) is 15.4. The third kappa shape index (κ3) is 3.38. The Bertz CT molecular complexity index is 761. The molecule has 1 amide bonds. The van der Waals surface area contributed by atoms with Gasteiger partial charge in [0.2, 0.25) is 0 Å². The molecule has 1 aromatic carbocycles. The molecule has 0 aromatic heterocycles. The van der Waals surface area contributed by atoms with Crippen LogP contribution in [-0.4, -0.2) is 44.1 Å². The molecule has 1 aromatic rings. The minimum atomic E-state index is -0.527. The Labute approximate surface area is 147 Å². The van der Waals surface area contributed by atoms with Crippen molar-refractivity contribution >= 4 is 18.0 Å². The van der Waals surface area contributed by atoms with Crippen LogP contribution in [0.1, 0.15) is 26.3 Å². The minimum absolute atomic E-state index is 0.0662. The predicted octanol–water partition coefficient (Wildman–Crippen LogP) is 2.78. The highest BCUT2D eigenvalue weighted by Crippen LogP contribution is 2.34. The molecule has 6 nitrogen and oxygen atoms in total. The average molecular weight is 345 g/mol. The normalized spacial score (nSPS) is 16.0. The molecule has 134 valence electrons. The van der Waals surface area contributed by atoms with E-state index in [2.05, 4.69) is 0 Å². The molecule has 1 heterocycles. The second-order valence-electron chi connectivity index (χ2n) is 5.89. The van der Waals surface area contributed by atoms with E-state index in [1.54, 1.807) is 50.3 Å². The van der Waals surface area contributed by atoms with Crippen molar-refractivity contribution in [1.29, 1.82) is 0 Å². The molecule has 0 unspecified atom stereocenters. The monoisotopic (exact) mass is 345 g/mol. The fraction of sp³-hybridized carbons (Fsp3) is 0.368. The first-order valence-electron chi connectivity index (χ1n) is 7.92. The highest BCUT2D eigenvalue weighted by molar-refractivity contribution is 6.16. The van der Waals surface area contributed by atoms with Gasteiger partial charge in [-0.05, 0) is 44.5 Å². The summed E-state index contributed by atoms with van der Waals surface area (Å²) in [7, 11) is 4.40. The van der Waals surface area contributed by atoms with Crippen LogP contribution in [-0.2, 0) is 14.3 Å². The minimum Gasteiger partial charge on any atom is -0.493 e. The van der Waals surface area contributed by atoms with Crippen LogP contribution >= 0.6 is 0 Å². The number of benzene rings is 1. The quantitative estimate of drug-likeness (QED) is 0.606. The number of carbonyl (C=O) groups excluding carboxylic acids is 2. The Kier molecular flexibility index (Phi) is 5.51. The molecular formula is C19H23NO5. The summed E-state index contributed by atoms with van der Waals surface area (Å²) < 4.78 is 15.4. The molecular weight excluding hydrogens is 322 g/mol. The maximum Gasteiger partial charge on any atom is 0.340 e. The second-order valence-corrected chi connectivity index (χ2v) is 5.89. The summed E-state index contributed by atoms with van der Waals surface area (Å²) in [6, 6.07) is 5.23. The molecule has 0 saturated heterocycles. The maximum atomic E-state index is 12.8. The van der Waals surface area contributed by atoms with E-state index < -0.39 is 5.97 Å². The number of allylic oxidation sites excluding steroid dienone is 1. The summed E-state index contributed by atoms with van der Waals surface area (Å²) in [6.45, 7) is 5.55. The van der Waals surface area contributed by atoms with E-state index >= 15 is 0 Å². The number of ether oxygens (including phenoxy) is 3. The fourth-order valence-corrected chi connectivity index (χ4v) is 2.93. The number of hydrogen-bond acceptors (Lipinski definition) is 5. The molecule has 1 aliphatic heterocycles. The lowest BCUT2D eigenvalue weighted by Crippen LogP contribution is -2.31. The lowest BCUT2D eigenvalue weighted by Gasteiger charge is -2.22. The van der Waals surface area contributed by atoms with Gasteiger partial charge in [-0.25, -0.2) is 4.79 Å². The molecule has 25 heavy (non-hydrogen) atoms. The van der Waals surface area contributed by atoms with Crippen LogP contribution < -0.4 is 9.47 Å². The highest BCUT2D eigenvalue weighted by atomic mass is 16.5. The van der Waals surface area contributed by atoms with Gasteiger partial charge in [0, 0.05) is 11.7 Å². The largest absolute Gasteiger partial charge is 0.493 e. The SMILES string of the molecule is COC(=O)C1=C(C)N(C(C)C)C(=O)C1=Cc1ccc(OC)c(OC)c1. The molecule has 0 spiro atoms. The summed E-state index contributed by atoms with van der Waals surface area (Å²) in [6.07, 6.45) is 1.67. The van der Waals surface area contributed by atoms with Gasteiger partial charge in [-0.3, -0.25) is 4.79 Å². The number of carbonyl (C=O) groups is 2. The van der Waals surface area contributed by atoms with Crippen LogP contribution in [0, 0.1) is 0 Å².